The van der Waals surface area contributed by atoms with E-state index in [-0.39, 0.29) is 11.3 Å². The Bertz CT molecular complexity index is 496. The Morgan fingerprint density at radius 3 is 1.95 bits per heavy atom. The van der Waals surface area contributed by atoms with E-state index in [9.17, 15) is 4.79 Å². The first-order valence-corrected chi connectivity index (χ1v) is 6.66. The van der Waals surface area contributed by atoms with Gasteiger partial charge in [0.25, 0.3) is 0 Å². The predicted octanol–water partition coefficient (Wildman–Crippen LogP) is 2.35. The minimum absolute atomic E-state index is 0.184. The number of amides is 1. The van der Waals surface area contributed by atoms with Crippen LogP contribution in [0.3, 0.4) is 0 Å². The molecule has 0 aliphatic carbocycles. The van der Waals surface area contributed by atoms with Crippen molar-refractivity contribution in [2.45, 2.75) is 33.9 Å². The molecule has 2 heterocycles. The van der Waals surface area contributed by atoms with Crippen molar-refractivity contribution in [3.63, 3.8) is 0 Å². The largest absolute Gasteiger partial charge is 0.486 e. The van der Waals surface area contributed by atoms with Crippen molar-refractivity contribution in [3.8, 4) is 11.5 Å². The molecule has 0 saturated carbocycles. The van der Waals surface area contributed by atoms with Crippen LogP contribution in [0.5, 0.6) is 11.5 Å². The molecule has 0 spiro atoms. The van der Waals surface area contributed by atoms with Gasteiger partial charge in [-0.2, -0.15) is 0 Å². The van der Waals surface area contributed by atoms with Gasteiger partial charge in [-0.15, -0.1) is 0 Å². The third kappa shape index (κ3) is 2.15. The second-order valence-electron chi connectivity index (χ2n) is 6.18. The first kappa shape index (κ1) is 12.3. The van der Waals surface area contributed by atoms with Crippen LogP contribution in [0.25, 0.3) is 0 Å². The van der Waals surface area contributed by atoms with Gasteiger partial charge >= 0.3 is 0 Å². The van der Waals surface area contributed by atoms with Gasteiger partial charge < -0.3 is 14.4 Å². The summed E-state index contributed by atoms with van der Waals surface area (Å²) in [5.41, 5.74) is 2.00. The van der Waals surface area contributed by atoms with Gasteiger partial charge in [0.2, 0.25) is 5.91 Å². The number of rotatable bonds is 0. The average molecular weight is 261 g/mol. The second kappa shape index (κ2) is 4.15. The van der Waals surface area contributed by atoms with Crippen molar-refractivity contribution in [2.75, 3.05) is 13.2 Å². The van der Waals surface area contributed by atoms with Crippen LogP contribution in [-0.2, 0) is 17.9 Å². The number of hydrogen-bond acceptors (Lipinski definition) is 3. The summed E-state index contributed by atoms with van der Waals surface area (Å²) in [6.45, 7) is 8.39. The molecule has 4 nitrogen and oxygen atoms in total. The Balaban J connectivity index is 1.86. The average Bonchev–Trinajstić information content (AvgIpc) is 2.76. The van der Waals surface area contributed by atoms with E-state index in [2.05, 4.69) is 0 Å². The lowest BCUT2D eigenvalue weighted by molar-refractivity contribution is -0.140. The fraction of sp³-hybridized carbons (Fsp3) is 0.533. The lowest BCUT2D eigenvalue weighted by atomic mass is 9.95. The monoisotopic (exact) mass is 261 g/mol. The second-order valence-corrected chi connectivity index (χ2v) is 6.18. The van der Waals surface area contributed by atoms with E-state index in [1.54, 1.807) is 0 Å². The van der Waals surface area contributed by atoms with Crippen LogP contribution in [-0.4, -0.2) is 24.0 Å². The number of carbonyl (C=O) groups excluding carboxylic acids is 1. The Morgan fingerprint density at radius 2 is 1.53 bits per heavy atom. The summed E-state index contributed by atoms with van der Waals surface area (Å²) in [4.78, 5) is 14.2. The third-order valence-electron chi connectivity index (χ3n) is 3.52. The van der Waals surface area contributed by atoms with Gasteiger partial charge in [0.05, 0.1) is 0 Å². The Morgan fingerprint density at radius 1 is 1.05 bits per heavy atom. The third-order valence-corrected chi connectivity index (χ3v) is 3.52. The molecule has 19 heavy (non-hydrogen) atoms. The summed E-state index contributed by atoms with van der Waals surface area (Å²) in [7, 11) is 0. The van der Waals surface area contributed by atoms with Gasteiger partial charge in [-0.25, -0.2) is 0 Å². The molecule has 3 rings (SSSR count). The molecule has 0 aromatic heterocycles. The fourth-order valence-corrected chi connectivity index (χ4v) is 2.55. The molecule has 0 fully saturated rings. The van der Waals surface area contributed by atoms with Gasteiger partial charge in [0.1, 0.15) is 13.2 Å². The van der Waals surface area contributed by atoms with Crippen LogP contribution in [0.15, 0.2) is 12.1 Å². The number of nitrogens with zero attached hydrogens (tertiary/aromatic N) is 1. The maximum Gasteiger partial charge on any atom is 0.228 e. The summed E-state index contributed by atoms with van der Waals surface area (Å²) in [5.74, 6) is 1.79. The van der Waals surface area contributed by atoms with E-state index in [0.29, 0.717) is 26.3 Å². The molecule has 1 aromatic carbocycles. The van der Waals surface area contributed by atoms with E-state index in [4.69, 9.17) is 9.47 Å². The minimum atomic E-state index is -0.339. The van der Waals surface area contributed by atoms with Crippen LogP contribution in [0.1, 0.15) is 31.9 Å². The number of hydrogen-bond donors (Lipinski definition) is 0. The molecule has 0 bridgehead atoms. The van der Waals surface area contributed by atoms with Gasteiger partial charge in [-0.05, 0) is 23.3 Å². The lowest BCUT2D eigenvalue weighted by Crippen LogP contribution is -2.35. The highest BCUT2D eigenvalue weighted by Gasteiger charge is 2.32. The standard InChI is InChI=1S/C15H19NO3/c1-15(2,3)14(17)16-8-10-6-12-13(7-11(10)9-16)19-5-4-18-12/h6-7H,4-5,8-9H2,1-3H3. The molecule has 2 aliphatic rings. The summed E-state index contributed by atoms with van der Waals surface area (Å²) < 4.78 is 11.2. The highest BCUT2D eigenvalue weighted by atomic mass is 16.6. The predicted molar refractivity (Wildman–Crippen MR) is 71.1 cm³/mol. The van der Waals surface area contributed by atoms with Crippen molar-refractivity contribution in [1.82, 2.24) is 4.90 Å². The van der Waals surface area contributed by atoms with Crippen LogP contribution >= 0.6 is 0 Å². The van der Waals surface area contributed by atoms with Gasteiger partial charge in [0, 0.05) is 18.5 Å². The van der Waals surface area contributed by atoms with E-state index in [1.165, 1.54) is 11.1 Å². The van der Waals surface area contributed by atoms with Crippen molar-refractivity contribution in [3.05, 3.63) is 23.3 Å². The topological polar surface area (TPSA) is 38.8 Å². The molecule has 1 aromatic rings. The number of benzene rings is 1. The molecule has 102 valence electrons. The van der Waals surface area contributed by atoms with E-state index in [1.807, 2.05) is 37.8 Å². The van der Waals surface area contributed by atoms with Gasteiger partial charge in [-0.3, -0.25) is 4.79 Å². The van der Waals surface area contributed by atoms with Gasteiger partial charge in [-0.1, -0.05) is 20.8 Å². The van der Waals surface area contributed by atoms with Crippen molar-refractivity contribution in [2.24, 2.45) is 5.41 Å². The highest BCUT2D eigenvalue weighted by molar-refractivity contribution is 5.82. The smallest absolute Gasteiger partial charge is 0.228 e. The molecular weight excluding hydrogens is 242 g/mol. The van der Waals surface area contributed by atoms with Crippen molar-refractivity contribution in [1.29, 1.82) is 0 Å². The zero-order valence-corrected chi connectivity index (χ0v) is 11.7. The normalized spacial score (nSPS) is 17.3. The fourth-order valence-electron chi connectivity index (χ4n) is 2.55. The van der Waals surface area contributed by atoms with E-state index < -0.39 is 0 Å². The summed E-state index contributed by atoms with van der Waals surface area (Å²) >= 11 is 0. The maximum atomic E-state index is 12.3. The zero-order valence-electron chi connectivity index (χ0n) is 11.7. The van der Waals surface area contributed by atoms with Crippen LogP contribution in [0.4, 0.5) is 0 Å². The Kier molecular flexibility index (Phi) is 2.69. The molecule has 0 radical (unpaired) electrons. The van der Waals surface area contributed by atoms with Crippen molar-refractivity contribution >= 4 is 5.91 Å². The van der Waals surface area contributed by atoms with E-state index >= 15 is 0 Å². The molecule has 0 unspecified atom stereocenters. The number of fused-ring (bicyclic) bond motifs is 2. The molecule has 0 saturated heterocycles. The molecule has 0 N–H and O–H groups in total. The van der Waals surface area contributed by atoms with Crippen molar-refractivity contribution < 1.29 is 14.3 Å². The number of ether oxygens (including phenoxy) is 2. The molecule has 0 atom stereocenters. The lowest BCUT2D eigenvalue weighted by Gasteiger charge is -2.25. The zero-order chi connectivity index (χ0) is 13.6. The summed E-state index contributed by atoms with van der Waals surface area (Å²) in [5, 5.41) is 0. The quantitative estimate of drug-likeness (QED) is 0.719. The molecule has 2 aliphatic heterocycles. The van der Waals surface area contributed by atoms with Crippen LogP contribution in [0, 0.1) is 5.41 Å². The molecule has 4 heteroatoms. The van der Waals surface area contributed by atoms with E-state index in [0.717, 1.165) is 11.5 Å². The van der Waals surface area contributed by atoms with Gasteiger partial charge in [0.15, 0.2) is 11.5 Å². The molecular formula is C15H19NO3. The maximum absolute atomic E-state index is 12.3. The van der Waals surface area contributed by atoms with Crippen LogP contribution in [0.2, 0.25) is 0 Å². The Labute approximate surface area is 113 Å². The number of carbonyl (C=O) groups is 1. The SMILES string of the molecule is CC(C)(C)C(=O)N1Cc2cc3c(cc2C1)OCCO3. The Hall–Kier alpha value is -1.71. The highest BCUT2D eigenvalue weighted by Crippen LogP contribution is 2.37. The first-order valence-electron chi connectivity index (χ1n) is 6.66. The summed E-state index contributed by atoms with van der Waals surface area (Å²) in [6, 6.07) is 4.03. The first-order chi connectivity index (χ1) is 8.95. The molecule has 1 amide bonds. The minimum Gasteiger partial charge on any atom is -0.486 e. The van der Waals surface area contributed by atoms with Crippen LogP contribution < -0.4 is 9.47 Å². The summed E-state index contributed by atoms with van der Waals surface area (Å²) in [6.07, 6.45) is 0.